The average Bonchev–Trinajstić information content (AvgIpc) is 3.11. The van der Waals surface area contributed by atoms with Gasteiger partial charge in [0.25, 0.3) is 0 Å². The van der Waals surface area contributed by atoms with E-state index >= 15 is 0 Å². The molecule has 0 radical (unpaired) electrons. The van der Waals surface area contributed by atoms with Crippen LogP contribution in [0.2, 0.25) is 0 Å². The molecule has 3 rings (SSSR count). The molecule has 0 aliphatic carbocycles. The van der Waals surface area contributed by atoms with Crippen LogP contribution in [0.15, 0.2) is 53.1 Å². The molecule has 0 bridgehead atoms. The van der Waals surface area contributed by atoms with Crippen molar-refractivity contribution in [2.45, 2.75) is 39.0 Å². The van der Waals surface area contributed by atoms with Crippen molar-refractivity contribution in [3.8, 4) is 11.4 Å². The van der Waals surface area contributed by atoms with Gasteiger partial charge in [-0.15, -0.1) is 0 Å². The predicted octanol–water partition coefficient (Wildman–Crippen LogP) is 4.96. The summed E-state index contributed by atoms with van der Waals surface area (Å²) in [4.78, 5) is 16.4. The zero-order valence-electron chi connectivity index (χ0n) is 15.4. The van der Waals surface area contributed by atoms with E-state index < -0.39 is 0 Å². The topological polar surface area (TPSA) is 68.0 Å². The molecule has 0 saturated heterocycles. The molecule has 0 saturated carbocycles. The molecule has 0 unspecified atom stereocenters. The van der Waals surface area contributed by atoms with E-state index in [1.54, 1.807) is 12.1 Å². The third-order valence-corrected chi connectivity index (χ3v) is 4.20. The maximum atomic E-state index is 13.0. The van der Waals surface area contributed by atoms with Crippen molar-refractivity contribution in [2.24, 2.45) is 0 Å². The van der Waals surface area contributed by atoms with Gasteiger partial charge in [-0.1, -0.05) is 31.1 Å². The molecule has 0 fully saturated rings. The second-order valence-corrected chi connectivity index (χ2v) is 6.70. The summed E-state index contributed by atoms with van der Waals surface area (Å²) in [6.45, 7) is 4.23. The normalized spacial score (nSPS) is 11.0. The first kappa shape index (κ1) is 18.8. The number of nitrogens with one attached hydrogen (secondary N) is 1. The van der Waals surface area contributed by atoms with E-state index in [2.05, 4.69) is 35.4 Å². The average molecular weight is 367 g/mol. The Morgan fingerprint density at radius 2 is 1.96 bits per heavy atom. The number of halogens is 1. The molecule has 27 heavy (non-hydrogen) atoms. The molecule has 0 atom stereocenters. The van der Waals surface area contributed by atoms with Crippen LogP contribution in [-0.4, -0.2) is 16.0 Å². The minimum absolute atomic E-state index is 0.0471. The van der Waals surface area contributed by atoms with Crippen LogP contribution in [0, 0.1) is 5.82 Å². The fourth-order valence-corrected chi connectivity index (χ4v) is 2.67. The van der Waals surface area contributed by atoms with Crippen LogP contribution in [-0.2, 0) is 11.2 Å². The molecular weight excluding hydrogens is 345 g/mol. The number of aryl methyl sites for hydroxylation is 1. The number of anilines is 1. The van der Waals surface area contributed by atoms with E-state index in [4.69, 9.17) is 4.52 Å². The Hall–Kier alpha value is -3.02. The maximum absolute atomic E-state index is 13.0. The van der Waals surface area contributed by atoms with E-state index in [0.29, 0.717) is 42.5 Å². The molecule has 140 valence electrons. The first-order valence-electron chi connectivity index (χ1n) is 8.99. The van der Waals surface area contributed by atoms with E-state index in [1.165, 1.54) is 17.7 Å². The molecule has 1 N–H and O–H groups in total. The number of amides is 1. The summed E-state index contributed by atoms with van der Waals surface area (Å²) >= 11 is 0. The van der Waals surface area contributed by atoms with Crippen LogP contribution in [0.5, 0.6) is 0 Å². The minimum Gasteiger partial charge on any atom is -0.339 e. The summed E-state index contributed by atoms with van der Waals surface area (Å²) in [5.41, 5.74) is 2.68. The molecule has 0 spiro atoms. The number of rotatable bonds is 7. The van der Waals surface area contributed by atoms with Gasteiger partial charge in [-0.3, -0.25) is 4.79 Å². The number of hydrogen-bond acceptors (Lipinski definition) is 4. The maximum Gasteiger partial charge on any atom is 0.226 e. The number of hydrogen-bond donors (Lipinski definition) is 1. The van der Waals surface area contributed by atoms with E-state index in [0.717, 1.165) is 5.69 Å². The van der Waals surface area contributed by atoms with Gasteiger partial charge in [-0.2, -0.15) is 4.98 Å². The molecule has 0 aliphatic heterocycles. The van der Waals surface area contributed by atoms with Crippen molar-refractivity contribution in [3.05, 3.63) is 65.8 Å². The quantitative estimate of drug-likeness (QED) is 0.641. The molecular formula is C21H22FN3O2. The van der Waals surface area contributed by atoms with E-state index in [-0.39, 0.29) is 11.7 Å². The summed E-state index contributed by atoms with van der Waals surface area (Å²) in [5.74, 6) is 0.931. The van der Waals surface area contributed by atoms with Crippen molar-refractivity contribution in [1.29, 1.82) is 0 Å². The van der Waals surface area contributed by atoms with Crippen LogP contribution in [0.4, 0.5) is 10.1 Å². The van der Waals surface area contributed by atoms with Gasteiger partial charge in [-0.05, 0) is 54.3 Å². The van der Waals surface area contributed by atoms with Crippen molar-refractivity contribution in [1.82, 2.24) is 10.1 Å². The summed E-state index contributed by atoms with van der Waals surface area (Å²) in [6, 6.07) is 13.8. The van der Waals surface area contributed by atoms with Crippen LogP contribution in [0.1, 0.15) is 44.1 Å². The third-order valence-electron chi connectivity index (χ3n) is 4.20. The first-order chi connectivity index (χ1) is 13.0. The molecule has 1 amide bonds. The molecule has 6 heteroatoms. The Morgan fingerprint density at radius 1 is 1.19 bits per heavy atom. The molecule has 0 aliphatic rings. The Kier molecular flexibility index (Phi) is 5.96. The first-order valence-corrected chi connectivity index (χ1v) is 8.99. The predicted molar refractivity (Wildman–Crippen MR) is 102 cm³/mol. The van der Waals surface area contributed by atoms with Crippen LogP contribution < -0.4 is 5.32 Å². The second-order valence-electron chi connectivity index (χ2n) is 6.70. The van der Waals surface area contributed by atoms with E-state index in [1.807, 2.05) is 18.2 Å². The Balaban J connectivity index is 1.49. The zero-order valence-corrected chi connectivity index (χ0v) is 15.4. The fraction of sp³-hybridized carbons (Fsp3) is 0.286. The molecule has 2 aromatic carbocycles. The number of nitrogens with zero attached hydrogens (tertiary/aromatic N) is 2. The number of aromatic nitrogens is 2. The van der Waals surface area contributed by atoms with Gasteiger partial charge in [0, 0.05) is 24.1 Å². The Morgan fingerprint density at radius 3 is 2.70 bits per heavy atom. The second kappa shape index (κ2) is 8.58. The highest BCUT2D eigenvalue weighted by Gasteiger charge is 2.10. The number of carbonyl (C=O) groups is 1. The highest BCUT2D eigenvalue weighted by Crippen LogP contribution is 2.19. The smallest absolute Gasteiger partial charge is 0.226 e. The van der Waals surface area contributed by atoms with Gasteiger partial charge in [0.2, 0.25) is 17.6 Å². The summed E-state index contributed by atoms with van der Waals surface area (Å²) in [5, 5.41) is 6.82. The summed E-state index contributed by atoms with van der Waals surface area (Å²) in [7, 11) is 0. The van der Waals surface area contributed by atoms with Crippen LogP contribution in [0.25, 0.3) is 11.4 Å². The molecule has 1 aromatic heterocycles. The largest absolute Gasteiger partial charge is 0.339 e. The standard InChI is InChI=1S/C21H22FN3O2/c1-14(2)16-5-3-6-18(13-16)23-19(26)7-4-8-20-24-21(25-27-20)15-9-11-17(22)12-10-15/h3,5-6,9-14H,4,7-8H2,1-2H3,(H,23,26). The van der Waals surface area contributed by atoms with Gasteiger partial charge >= 0.3 is 0 Å². The third kappa shape index (κ3) is 5.23. The number of benzene rings is 2. The summed E-state index contributed by atoms with van der Waals surface area (Å²) < 4.78 is 18.2. The molecule has 1 heterocycles. The summed E-state index contributed by atoms with van der Waals surface area (Å²) in [6.07, 6.45) is 1.47. The molecule has 5 nitrogen and oxygen atoms in total. The SMILES string of the molecule is CC(C)c1cccc(NC(=O)CCCc2nc(-c3ccc(F)cc3)no2)c1. The highest BCUT2D eigenvalue weighted by atomic mass is 19.1. The lowest BCUT2D eigenvalue weighted by atomic mass is 10.0. The van der Waals surface area contributed by atoms with Gasteiger partial charge in [0.05, 0.1) is 0 Å². The minimum atomic E-state index is -0.313. The monoisotopic (exact) mass is 367 g/mol. The Labute approximate surface area is 157 Å². The molecule has 3 aromatic rings. The van der Waals surface area contributed by atoms with E-state index in [9.17, 15) is 9.18 Å². The lowest BCUT2D eigenvalue weighted by molar-refractivity contribution is -0.116. The van der Waals surface area contributed by atoms with Gasteiger partial charge in [-0.25, -0.2) is 4.39 Å². The van der Waals surface area contributed by atoms with Crippen molar-refractivity contribution in [2.75, 3.05) is 5.32 Å². The van der Waals surface area contributed by atoms with Gasteiger partial charge in [0.1, 0.15) is 5.82 Å². The van der Waals surface area contributed by atoms with Gasteiger partial charge in [0.15, 0.2) is 0 Å². The van der Waals surface area contributed by atoms with Crippen molar-refractivity contribution in [3.63, 3.8) is 0 Å². The van der Waals surface area contributed by atoms with Crippen LogP contribution in [0.3, 0.4) is 0 Å². The Bertz CT molecular complexity index is 904. The zero-order chi connectivity index (χ0) is 19.2. The van der Waals surface area contributed by atoms with Crippen molar-refractivity contribution >= 4 is 11.6 Å². The number of carbonyl (C=O) groups excluding carboxylic acids is 1. The lowest BCUT2D eigenvalue weighted by Crippen LogP contribution is -2.11. The lowest BCUT2D eigenvalue weighted by Gasteiger charge is -2.09. The van der Waals surface area contributed by atoms with Gasteiger partial charge < -0.3 is 9.84 Å². The van der Waals surface area contributed by atoms with Crippen molar-refractivity contribution < 1.29 is 13.7 Å². The highest BCUT2D eigenvalue weighted by molar-refractivity contribution is 5.90. The fourth-order valence-electron chi connectivity index (χ4n) is 2.67. The van der Waals surface area contributed by atoms with Crippen LogP contribution >= 0.6 is 0 Å².